The lowest BCUT2D eigenvalue weighted by Crippen LogP contribution is -2.32. The maximum Gasteiger partial charge on any atom is 0.257 e. The van der Waals surface area contributed by atoms with Crippen molar-refractivity contribution in [2.24, 2.45) is 11.0 Å². The molecular formula is C20H21ClN4O3. The normalized spacial score (nSPS) is 16.1. The van der Waals surface area contributed by atoms with Gasteiger partial charge in [-0.3, -0.25) is 14.6 Å². The third kappa shape index (κ3) is 5.29. The summed E-state index contributed by atoms with van der Waals surface area (Å²) < 4.78 is 5.52. The highest BCUT2D eigenvalue weighted by atomic mass is 35.5. The molecule has 28 heavy (non-hydrogen) atoms. The van der Waals surface area contributed by atoms with Gasteiger partial charge in [0.1, 0.15) is 5.75 Å². The number of nitrogens with one attached hydrogen (secondary N) is 2. The van der Waals surface area contributed by atoms with E-state index in [4.69, 9.17) is 16.3 Å². The lowest BCUT2D eigenvalue weighted by Gasteiger charge is -2.19. The fourth-order valence-corrected chi connectivity index (χ4v) is 3.08. The van der Waals surface area contributed by atoms with E-state index in [1.807, 2.05) is 31.2 Å². The summed E-state index contributed by atoms with van der Waals surface area (Å²) in [5.74, 6) is 0.0836. The van der Waals surface area contributed by atoms with Crippen LogP contribution in [0, 0.1) is 5.92 Å². The molecular weight excluding hydrogens is 380 g/mol. The minimum atomic E-state index is -0.232. The van der Waals surface area contributed by atoms with E-state index in [0.29, 0.717) is 30.2 Å². The van der Waals surface area contributed by atoms with E-state index >= 15 is 0 Å². The average molecular weight is 401 g/mol. The Balaban J connectivity index is 1.50. The highest BCUT2D eigenvalue weighted by Crippen LogP contribution is 2.27. The molecule has 3 rings (SSSR count). The van der Waals surface area contributed by atoms with Crippen LogP contribution in [0.15, 0.2) is 47.7 Å². The van der Waals surface area contributed by atoms with Crippen molar-refractivity contribution in [1.82, 2.24) is 15.7 Å². The Labute approximate surface area is 168 Å². The van der Waals surface area contributed by atoms with E-state index in [0.717, 1.165) is 17.0 Å². The zero-order valence-corrected chi connectivity index (χ0v) is 16.2. The van der Waals surface area contributed by atoms with Crippen LogP contribution < -0.4 is 15.5 Å². The second-order valence-corrected chi connectivity index (χ2v) is 6.90. The van der Waals surface area contributed by atoms with Crippen molar-refractivity contribution in [3.05, 3.63) is 58.9 Å². The third-order valence-electron chi connectivity index (χ3n) is 4.28. The third-order valence-corrected chi connectivity index (χ3v) is 4.57. The predicted octanol–water partition coefficient (Wildman–Crippen LogP) is 2.33. The van der Waals surface area contributed by atoms with Crippen molar-refractivity contribution in [2.45, 2.75) is 19.8 Å². The maximum atomic E-state index is 11.9. The number of rotatable bonds is 7. The van der Waals surface area contributed by atoms with Crippen molar-refractivity contribution in [3.8, 4) is 5.75 Å². The Bertz CT molecular complexity index is 886. The summed E-state index contributed by atoms with van der Waals surface area (Å²) in [6.07, 6.45) is 2.76. The summed E-state index contributed by atoms with van der Waals surface area (Å²) in [5, 5.41) is 7.28. The zero-order chi connectivity index (χ0) is 19.9. The molecule has 1 unspecified atom stereocenters. The number of ether oxygens (including phenoxy) is 1. The van der Waals surface area contributed by atoms with Crippen LogP contribution in [0.3, 0.4) is 0 Å². The molecule has 0 aliphatic carbocycles. The van der Waals surface area contributed by atoms with Crippen molar-refractivity contribution in [3.63, 3.8) is 0 Å². The molecule has 1 atom stereocenters. The van der Waals surface area contributed by atoms with Crippen LogP contribution in [0.2, 0.25) is 5.02 Å². The van der Waals surface area contributed by atoms with Gasteiger partial charge in [0.05, 0.1) is 10.7 Å². The number of nitrogens with zero attached hydrogens (tertiary/aromatic N) is 2. The number of benzene rings is 1. The largest absolute Gasteiger partial charge is 0.482 e. The number of pyridine rings is 1. The second-order valence-electron chi connectivity index (χ2n) is 6.49. The molecule has 2 aromatic rings. The lowest BCUT2D eigenvalue weighted by molar-refractivity contribution is -0.123. The molecule has 2 amide bonds. The number of amides is 2. The lowest BCUT2D eigenvalue weighted by atomic mass is 9.94. The number of aromatic nitrogens is 1. The molecule has 0 radical (unpaired) electrons. The highest BCUT2D eigenvalue weighted by molar-refractivity contribution is 6.32. The Morgan fingerprint density at radius 1 is 1.36 bits per heavy atom. The van der Waals surface area contributed by atoms with Crippen molar-refractivity contribution in [1.29, 1.82) is 0 Å². The summed E-state index contributed by atoms with van der Waals surface area (Å²) >= 11 is 6.29. The van der Waals surface area contributed by atoms with Gasteiger partial charge >= 0.3 is 0 Å². The van der Waals surface area contributed by atoms with Gasteiger partial charge in [-0.1, -0.05) is 24.6 Å². The fraction of sp³-hybridized carbons (Fsp3) is 0.300. The molecule has 146 valence electrons. The molecule has 1 aromatic heterocycles. The first-order valence-electron chi connectivity index (χ1n) is 8.98. The molecule has 0 saturated heterocycles. The number of carbonyl (C=O) groups excluding carboxylic acids is 2. The number of hydrazone groups is 1. The first-order valence-corrected chi connectivity index (χ1v) is 9.36. The molecule has 1 aromatic carbocycles. The number of carbonyl (C=O) groups is 2. The van der Waals surface area contributed by atoms with Crippen molar-refractivity contribution in [2.75, 3.05) is 13.2 Å². The van der Waals surface area contributed by atoms with Crippen molar-refractivity contribution < 1.29 is 14.3 Å². The molecule has 0 bridgehead atoms. The van der Waals surface area contributed by atoms with Gasteiger partial charge in [-0.2, -0.15) is 5.10 Å². The van der Waals surface area contributed by atoms with Crippen LogP contribution in [-0.2, 0) is 16.0 Å². The van der Waals surface area contributed by atoms with Crippen LogP contribution in [0.5, 0.6) is 5.75 Å². The van der Waals surface area contributed by atoms with E-state index in [-0.39, 0.29) is 24.3 Å². The van der Waals surface area contributed by atoms with E-state index in [1.54, 1.807) is 18.3 Å². The molecule has 1 aliphatic heterocycles. The van der Waals surface area contributed by atoms with Gasteiger partial charge in [0.2, 0.25) is 5.91 Å². The smallest absolute Gasteiger partial charge is 0.257 e. The van der Waals surface area contributed by atoms with Gasteiger partial charge in [-0.15, -0.1) is 0 Å². The topological polar surface area (TPSA) is 92.7 Å². The molecule has 0 fully saturated rings. The van der Waals surface area contributed by atoms with Crippen LogP contribution in [0.25, 0.3) is 0 Å². The molecule has 7 nitrogen and oxygen atoms in total. The summed E-state index contributed by atoms with van der Waals surface area (Å²) in [4.78, 5) is 27.5. The van der Waals surface area contributed by atoms with Crippen LogP contribution in [-0.4, -0.2) is 35.7 Å². The molecule has 0 spiro atoms. The Hall–Kier alpha value is -2.93. The van der Waals surface area contributed by atoms with Gasteiger partial charge in [-0.05, 0) is 35.9 Å². The van der Waals surface area contributed by atoms with E-state index < -0.39 is 0 Å². The predicted molar refractivity (Wildman–Crippen MR) is 106 cm³/mol. The monoisotopic (exact) mass is 400 g/mol. The Morgan fingerprint density at radius 3 is 2.93 bits per heavy atom. The van der Waals surface area contributed by atoms with Crippen LogP contribution in [0.1, 0.15) is 24.6 Å². The quantitative estimate of drug-likeness (QED) is 0.746. The maximum absolute atomic E-state index is 11.9. The van der Waals surface area contributed by atoms with Crippen LogP contribution >= 0.6 is 11.6 Å². The van der Waals surface area contributed by atoms with E-state index in [2.05, 4.69) is 20.8 Å². The first kappa shape index (κ1) is 19.8. The summed E-state index contributed by atoms with van der Waals surface area (Å²) in [6.45, 7) is 2.29. The van der Waals surface area contributed by atoms with E-state index in [1.165, 1.54) is 0 Å². The summed E-state index contributed by atoms with van der Waals surface area (Å²) in [6, 6.07) is 10.9. The summed E-state index contributed by atoms with van der Waals surface area (Å²) in [7, 11) is 0. The van der Waals surface area contributed by atoms with E-state index in [9.17, 15) is 9.59 Å². The average Bonchev–Trinajstić information content (AvgIpc) is 2.68. The number of halogens is 1. The van der Waals surface area contributed by atoms with Gasteiger partial charge < -0.3 is 10.1 Å². The molecule has 8 heteroatoms. The fourth-order valence-electron chi connectivity index (χ4n) is 2.85. The van der Waals surface area contributed by atoms with Gasteiger partial charge in [-0.25, -0.2) is 5.43 Å². The molecule has 0 saturated carbocycles. The first-order chi connectivity index (χ1) is 13.5. The number of hydrogen-bond acceptors (Lipinski definition) is 5. The van der Waals surface area contributed by atoms with Gasteiger partial charge in [0.15, 0.2) is 6.61 Å². The molecule has 1 aliphatic rings. The zero-order valence-electron chi connectivity index (χ0n) is 15.4. The van der Waals surface area contributed by atoms with Crippen LogP contribution in [0.4, 0.5) is 0 Å². The van der Waals surface area contributed by atoms with Gasteiger partial charge in [0.25, 0.3) is 5.91 Å². The Morgan fingerprint density at radius 2 is 2.21 bits per heavy atom. The molecule has 2 N–H and O–H groups in total. The minimum absolute atomic E-state index is 0.00136. The SMILES string of the molecule is CC1CC(=O)NN=C1c1ccc(OCC(=O)NCCc2ccccn2)c(Cl)c1. The molecule has 2 heterocycles. The summed E-state index contributed by atoms with van der Waals surface area (Å²) in [5.41, 5.74) is 4.97. The Kier molecular flexibility index (Phi) is 6.60. The van der Waals surface area contributed by atoms with Crippen molar-refractivity contribution >= 4 is 29.1 Å². The highest BCUT2D eigenvalue weighted by Gasteiger charge is 2.22. The standard InChI is InChI=1S/C20H21ClN4O3/c1-13-10-18(26)24-25-20(13)14-5-6-17(16(21)11-14)28-12-19(27)23-9-7-15-4-2-3-8-22-15/h2-6,8,11,13H,7,9-10,12H2,1H3,(H,23,27)(H,24,26). The minimum Gasteiger partial charge on any atom is -0.482 e. The number of hydrogen-bond donors (Lipinski definition) is 2. The second kappa shape index (κ2) is 9.32. The van der Waals surface area contributed by atoms with Gasteiger partial charge in [0, 0.05) is 37.2 Å².